The van der Waals surface area contributed by atoms with Crippen molar-refractivity contribution in [2.24, 2.45) is 0 Å². The topological polar surface area (TPSA) is 59.8 Å². The van der Waals surface area contributed by atoms with Crippen molar-refractivity contribution in [1.82, 2.24) is 14.8 Å². The molecule has 0 radical (unpaired) electrons. The SMILES string of the molecule is O=C(Nc1ccc(-n2cncn2)c(F)c1)C1(c2cccc(Cl)c2)CC1. The molecule has 4 rings (SSSR count). The van der Waals surface area contributed by atoms with Crippen LogP contribution in [-0.2, 0) is 10.2 Å². The fourth-order valence-electron chi connectivity index (χ4n) is 2.91. The van der Waals surface area contributed by atoms with E-state index in [4.69, 9.17) is 11.6 Å². The van der Waals surface area contributed by atoms with Gasteiger partial charge in [0, 0.05) is 10.7 Å². The van der Waals surface area contributed by atoms with Crippen LogP contribution in [0.25, 0.3) is 5.69 Å². The number of carbonyl (C=O) groups is 1. The summed E-state index contributed by atoms with van der Waals surface area (Å²) in [4.78, 5) is 16.5. The summed E-state index contributed by atoms with van der Waals surface area (Å²) in [6, 6.07) is 11.8. The second-order valence-corrected chi connectivity index (χ2v) is 6.49. The van der Waals surface area contributed by atoms with Crippen LogP contribution >= 0.6 is 11.6 Å². The number of nitrogens with zero attached hydrogens (tertiary/aromatic N) is 3. The van der Waals surface area contributed by atoms with E-state index in [9.17, 15) is 9.18 Å². The van der Waals surface area contributed by atoms with Gasteiger partial charge in [0.25, 0.3) is 0 Å². The molecule has 1 heterocycles. The summed E-state index contributed by atoms with van der Waals surface area (Å²) < 4.78 is 15.6. The Balaban J connectivity index is 1.56. The fraction of sp³-hybridized carbons (Fsp3) is 0.167. The lowest BCUT2D eigenvalue weighted by Gasteiger charge is -2.16. The molecule has 25 heavy (non-hydrogen) atoms. The predicted molar refractivity (Wildman–Crippen MR) is 92.3 cm³/mol. The highest BCUT2D eigenvalue weighted by molar-refractivity contribution is 6.30. The van der Waals surface area contributed by atoms with Gasteiger partial charge in [-0.1, -0.05) is 23.7 Å². The van der Waals surface area contributed by atoms with Gasteiger partial charge in [-0.05, 0) is 48.7 Å². The van der Waals surface area contributed by atoms with Crippen molar-refractivity contribution in [3.05, 3.63) is 71.5 Å². The van der Waals surface area contributed by atoms with Gasteiger partial charge in [-0.3, -0.25) is 4.79 Å². The lowest BCUT2D eigenvalue weighted by atomic mass is 9.95. The number of amides is 1. The first kappa shape index (κ1) is 15.8. The standard InChI is InChI=1S/C18H14ClFN4O/c19-13-3-1-2-12(8-13)18(6-7-18)17(25)23-14-4-5-16(15(20)9-14)24-11-21-10-22-24/h1-5,8-11H,6-7H2,(H,23,25). The maximum Gasteiger partial charge on any atom is 0.235 e. The number of aromatic nitrogens is 3. The lowest BCUT2D eigenvalue weighted by Crippen LogP contribution is -2.27. The highest BCUT2D eigenvalue weighted by Gasteiger charge is 2.51. The quantitative estimate of drug-likeness (QED) is 0.774. The summed E-state index contributed by atoms with van der Waals surface area (Å²) in [6.07, 6.45) is 4.24. The third kappa shape index (κ3) is 2.89. The largest absolute Gasteiger partial charge is 0.325 e. The number of hydrogen-bond acceptors (Lipinski definition) is 3. The highest BCUT2D eigenvalue weighted by Crippen LogP contribution is 2.49. The van der Waals surface area contributed by atoms with E-state index in [1.54, 1.807) is 18.2 Å². The van der Waals surface area contributed by atoms with Crippen molar-refractivity contribution >= 4 is 23.2 Å². The second kappa shape index (κ2) is 5.97. The Morgan fingerprint density at radius 3 is 2.72 bits per heavy atom. The Bertz CT molecular complexity index is 938. The monoisotopic (exact) mass is 356 g/mol. The van der Waals surface area contributed by atoms with Crippen LogP contribution in [0.3, 0.4) is 0 Å². The minimum absolute atomic E-state index is 0.150. The van der Waals surface area contributed by atoms with Crippen molar-refractivity contribution in [2.45, 2.75) is 18.3 Å². The van der Waals surface area contributed by atoms with Gasteiger partial charge in [-0.2, -0.15) is 5.10 Å². The summed E-state index contributed by atoms with van der Waals surface area (Å²) in [5, 5.41) is 7.31. The second-order valence-electron chi connectivity index (χ2n) is 6.05. The van der Waals surface area contributed by atoms with E-state index in [2.05, 4.69) is 15.4 Å². The van der Waals surface area contributed by atoms with Gasteiger partial charge < -0.3 is 5.32 Å². The van der Waals surface area contributed by atoms with Crippen molar-refractivity contribution in [1.29, 1.82) is 0 Å². The number of hydrogen-bond donors (Lipinski definition) is 1. The van der Waals surface area contributed by atoms with Crippen molar-refractivity contribution in [2.75, 3.05) is 5.32 Å². The molecule has 0 atom stereocenters. The average molecular weight is 357 g/mol. The van der Waals surface area contributed by atoms with Gasteiger partial charge in [-0.15, -0.1) is 0 Å². The molecule has 1 aliphatic rings. The van der Waals surface area contributed by atoms with Gasteiger partial charge in [0.15, 0.2) is 5.82 Å². The van der Waals surface area contributed by atoms with E-state index < -0.39 is 11.2 Å². The van der Waals surface area contributed by atoms with Crippen LogP contribution in [0.4, 0.5) is 10.1 Å². The van der Waals surface area contributed by atoms with E-state index in [0.717, 1.165) is 18.4 Å². The Morgan fingerprint density at radius 2 is 2.08 bits per heavy atom. The number of benzene rings is 2. The normalized spacial score (nSPS) is 15.0. The third-order valence-corrected chi connectivity index (χ3v) is 4.67. The average Bonchev–Trinajstić information content (AvgIpc) is 3.24. The van der Waals surface area contributed by atoms with Crippen LogP contribution in [0.1, 0.15) is 18.4 Å². The molecule has 0 aliphatic heterocycles. The molecule has 7 heteroatoms. The lowest BCUT2D eigenvalue weighted by molar-refractivity contribution is -0.118. The molecule has 1 aromatic heterocycles. The minimum atomic E-state index is -0.577. The van der Waals surface area contributed by atoms with Gasteiger partial charge in [-0.25, -0.2) is 14.1 Å². The summed E-state index contributed by atoms with van der Waals surface area (Å²) in [6.45, 7) is 0. The maximum atomic E-state index is 14.3. The number of anilines is 1. The molecule has 1 N–H and O–H groups in total. The van der Waals surface area contributed by atoms with Gasteiger partial charge in [0.2, 0.25) is 5.91 Å². The van der Waals surface area contributed by atoms with Gasteiger partial charge in [0.05, 0.1) is 5.41 Å². The fourth-order valence-corrected chi connectivity index (χ4v) is 3.10. The van der Waals surface area contributed by atoms with E-state index in [1.807, 2.05) is 18.2 Å². The molecule has 0 spiro atoms. The molecular formula is C18H14ClFN4O. The third-order valence-electron chi connectivity index (χ3n) is 4.43. The molecule has 2 aromatic carbocycles. The summed E-state index contributed by atoms with van der Waals surface area (Å²) in [5.41, 5.74) is 0.981. The van der Waals surface area contributed by atoms with Crippen LogP contribution in [0.2, 0.25) is 5.02 Å². The molecule has 0 bridgehead atoms. The molecule has 5 nitrogen and oxygen atoms in total. The molecule has 126 valence electrons. The van der Waals surface area contributed by atoms with Gasteiger partial charge in [0.1, 0.15) is 18.3 Å². The number of halogens is 2. The summed E-state index contributed by atoms with van der Waals surface area (Å²) in [7, 11) is 0. The molecule has 1 saturated carbocycles. The van der Waals surface area contributed by atoms with Crippen molar-refractivity contribution in [3.8, 4) is 5.69 Å². The van der Waals surface area contributed by atoms with Crippen LogP contribution in [0.5, 0.6) is 0 Å². The smallest absolute Gasteiger partial charge is 0.235 e. The highest BCUT2D eigenvalue weighted by atomic mass is 35.5. The molecule has 3 aromatic rings. The van der Waals surface area contributed by atoms with Crippen LogP contribution in [-0.4, -0.2) is 20.7 Å². The minimum Gasteiger partial charge on any atom is -0.325 e. The summed E-state index contributed by atoms with van der Waals surface area (Å²) in [5.74, 6) is -0.640. The van der Waals surface area contributed by atoms with Crippen molar-refractivity contribution in [3.63, 3.8) is 0 Å². The Morgan fingerprint density at radius 1 is 1.24 bits per heavy atom. The van der Waals surface area contributed by atoms with Crippen molar-refractivity contribution < 1.29 is 9.18 Å². The van der Waals surface area contributed by atoms with Gasteiger partial charge >= 0.3 is 0 Å². The van der Waals surface area contributed by atoms with E-state index in [0.29, 0.717) is 10.7 Å². The molecule has 1 fully saturated rings. The number of nitrogens with one attached hydrogen (secondary N) is 1. The van der Waals surface area contributed by atoms with Crippen LogP contribution in [0, 0.1) is 5.82 Å². The molecule has 0 saturated heterocycles. The van der Waals surface area contributed by atoms with Crippen LogP contribution in [0.15, 0.2) is 55.1 Å². The molecule has 1 aliphatic carbocycles. The van der Waals surface area contributed by atoms with E-state index in [1.165, 1.54) is 23.4 Å². The Kier molecular flexibility index (Phi) is 3.77. The zero-order valence-corrected chi connectivity index (χ0v) is 13.9. The summed E-state index contributed by atoms with van der Waals surface area (Å²) >= 11 is 6.04. The van der Waals surface area contributed by atoms with Crippen LogP contribution < -0.4 is 5.32 Å². The first-order valence-corrected chi connectivity index (χ1v) is 8.18. The molecular weight excluding hydrogens is 343 g/mol. The number of rotatable bonds is 4. The first-order chi connectivity index (χ1) is 12.1. The zero-order chi connectivity index (χ0) is 17.4. The maximum absolute atomic E-state index is 14.3. The zero-order valence-electron chi connectivity index (χ0n) is 13.1. The van der Waals surface area contributed by atoms with E-state index >= 15 is 0 Å². The molecule has 0 unspecified atom stereocenters. The van der Waals surface area contributed by atoms with E-state index in [-0.39, 0.29) is 11.6 Å². The molecule has 1 amide bonds. The first-order valence-electron chi connectivity index (χ1n) is 7.80. The Hall–Kier alpha value is -2.73. The number of carbonyl (C=O) groups excluding carboxylic acids is 1. The predicted octanol–water partition coefficient (Wildman–Crippen LogP) is 3.73. The Labute approximate surface area is 148 Å².